The molecule has 1 amide bonds. The number of nitrogens with zero attached hydrogens (tertiary/aromatic N) is 4. The number of anilines is 1. The molecule has 0 spiro atoms. The van der Waals surface area contributed by atoms with Crippen molar-refractivity contribution in [3.05, 3.63) is 39.4 Å². The molecule has 0 aromatic carbocycles. The summed E-state index contributed by atoms with van der Waals surface area (Å²) in [5.41, 5.74) is 2.27. The van der Waals surface area contributed by atoms with E-state index in [1.54, 1.807) is 10.9 Å². The number of carbonyl (C=O) groups is 1. The Balaban J connectivity index is 1.71. The molecule has 1 aliphatic carbocycles. The molecule has 0 radical (unpaired) electrons. The van der Waals surface area contributed by atoms with E-state index in [4.69, 9.17) is 0 Å². The molecule has 1 aliphatic rings. The third kappa shape index (κ3) is 2.54. The molecule has 3 heterocycles. The molecule has 0 aliphatic heterocycles. The van der Waals surface area contributed by atoms with Crippen molar-refractivity contribution in [1.29, 1.82) is 0 Å². The maximum atomic E-state index is 12.7. The van der Waals surface area contributed by atoms with Gasteiger partial charge < -0.3 is 9.88 Å². The highest BCUT2D eigenvalue weighted by Gasteiger charge is 2.26. The van der Waals surface area contributed by atoms with Crippen molar-refractivity contribution in [2.24, 2.45) is 7.05 Å². The Morgan fingerprint density at radius 3 is 2.88 bits per heavy atom. The minimum Gasteiger partial charge on any atom is -0.348 e. The molecule has 8 nitrogen and oxygen atoms in total. The van der Waals surface area contributed by atoms with Crippen LogP contribution in [0.5, 0.6) is 0 Å². The van der Waals surface area contributed by atoms with Crippen molar-refractivity contribution in [2.75, 3.05) is 5.32 Å². The van der Waals surface area contributed by atoms with Crippen LogP contribution in [0.4, 0.5) is 5.82 Å². The van der Waals surface area contributed by atoms with Crippen LogP contribution >= 0.6 is 0 Å². The standard InChI is InChI=1S/C17H20N6O2/c1-4-12-14-15(19-20-16(14)22(3)21-12)18-17(25)11-8-23(10-5-6-10)9(2)7-13(11)24/h7-8,10H,4-6H2,1-3H3,(H2,18,19,20,25). The Kier molecular flexibility index (Phi) is 3.48. The van der Waals surface area contributed by atoms with Crippen molar-refractivity contribution in [1.82, 2.24) is 24.5 Å². The second-order valence-corrected chi connectivity index (χ2v) is 6.51. The van der Waals surface area contributed by atoms with E-state index in [1.807, 2.05) is 25.5 Å². The Labute approximate surface area is 143 Å². The number of aromatic amines is 1. The Bertz CT molecular complexity index is 1040. The van der Waals surface area contributed by atoms with E-state index in [2.05, 4.69) is 20.6 Å². The molecule has 1 fully saturated rings. The summed E-state index contributed by atoms with van der Waals surface area (Å²) in [4.78, 5) is 25.0. The van der Waals surface area contributed by atoms with Gasteiger partial charge in [-0.25, -0.2) is 4.68 Å². The zero-order chi connectivity index (χ0) is 17.7. The minimum atomic E-state index is -0.434. The molecular formula is C17H20N6O2. The van der Waals surface area contributed by atoms with Gasteiger partial charge in [0.25, 0.3) is 5.91 Å². The molecule has 3 aromatic rings. The third-order valence-corrected chi connectivity index (χ3v) is 4.65. The predicted octanol–water partition coefficient (Wildman–Crippen LogP) is 1.92. The Morgan fingerprint density at radius 2 is 2.20 bits per heavy atom. The molecule has 0 atom stereocenters. The second kappa shape index (κ2) is 5.58. The van der Waals surface area contributed by atoms with Gasteiger partial charge in [0.05, 0.1) is 11.1 Å². The lowest BCUT2D eigenvalue weighted by Gasteiger charge is -2.11. The number of hydrogen-bond donors (Lipinski definition) is 2. The molecule has 0 saturated heterocycles. The van der Waals surface area contributed by atoms with Gasteiger partial charge in [0.15, 0.2) is 11.1 Å². The number of fused-ring (bicyclic) bond motifs is 1. The number of H-pyrrole nitrogens is 1. The van der Waals surface area contributed by atoms with Crippen molar-refractivity contribution in [3.63, 3.8) is 0 Å². The monoisotopic (exact) mass is 340 g/mol. The van der Waals surface area contributed by atoms with Gasteiger partial charge in [-0.05, 0) is 26.2 Å². The average molecular weight is 340 g/mol. The zero-order valence-electron chi connectivity index (χ0n) is 14.5. The van der Waals surface area contributed by atoms with Crippen LogP contribution in [0.3, 0.4) is 0 Å². The number of hydrogen-bond acceptors (Lipinski definition) is 4. The van der Waals surface area contributed by atoms with Gasteiger partial charge in [-0.2, -0.15) is 10.2 Å². The molecule has 4 rings (SSSR count). The quantitative estimate of drug-likeness (QED) is 0.758. The first-order chi connectivity index (χ1) is 12.0. The van der Waals surface area contributed by atoms with Gasteiger partial charge in [-0.15, -0.1) is 0 Å². The van der Waals surface area contributed by atoms with Crippen LogP contribution in [0.25, 0.3) is 11.0 Å². The molecule has 0 bridgehead atoms. The summed E-state index contributed by atoms with van der Waals surface area (Å²) in [7, 11) is 1.81. The van der Waals surface area contributed by atoms with Crippen LogP contribution in [0.15, 0.2) is 17.1 Å². The number of aromatic nitrogens is 5. The molecule has 0 unspecified atom stereocenters. The van der Waals surface area contributed by atoms with E-state index in [-0.39, 0.29) is 11.0 Å². The van der Waals surface area contributed by atoms with E-state index >= 15 is 0 Å². The van der Waals surface area contributed by atoms with Crippen LogP contribution in [0.1, 0.15) is 47.6 Å². The van der Waals surface area contributed by atoms with Gasteiger partial charge in [0.2, 0.25) is 0 Å². The number of rotatable bonds is 4. The van der Waals surface area contributed by atoms with Crippen LogP contribution < -0.4 is 10.7 Å². The van der Waals surface area contributed by atoms with Crippen LogP contribution in [0, 0.1) is 6.92 Å². The molecule has 8 heteroatoms. The number of amides is 1. The lowest BCUT2D eigenvalue weighted by atomic mass is 10.2. The summed E-state index contributed by atoms with van der Waals surface area (Å²) in [5.74, 6) is 0.0405. The van der Waals surface area contributed by atoms with Crippen LogP contribution in [-0.4, -0.2) is 30.5 Å². The van der Waals surface area contributed by atoms with Crippen LogP contribution in [0.2, 0.25) is 0 Å². The van der Waals surface area contributed by atoms with Gasteiger partial charge in [-0.1, -0.05) is 6.92 Å². The van der Waals surface area contributed by atoms with E-state index in [9.17, 15) is 9.59 Å². The zero-order valence-corrected chi connectivity index (χ0v) is 14.5. The smallest absolute Gasteiger partial charge is 0.262 e. The fourth-order valence-electron chi connectivity index (χ4n) is 3.20. The van der Waals surface area contributed by atoms with Crippen molar-refractivity contribution >= 4 is 22.8 Å². The van der Waals surface area contributed by atoms with Gasteiger partial charge in [0.1, 0.15) is 11.4 Å². The maximum Gasteiger partial charge on any atom is 0.262 e. The molecule has 1 saturated carbocycles. The van der Waals surface area contributed by atoms with Gasteiger partial charge in [-0.3, -0.25) is 14.7 Å². The number of pyridine rings is 1. The number of carbonyl (C=O) groups excluding carboxylic acids is 1. The molecule has 3 aromatic heterocycles. The highest BCUT2D eigenvalue weighted by Crippen LogP contribution is 2.35. The minimum absolute atomic E-state index is 0.141. The molecular weight excluding hydrogens is 320 g/mol. The Hall–Kier alpha value is -2.90. The Morgan fingerprint density at radius 1 is 1.44 bits per heavy atom. The highest BCUT2D eigenvalue weighted by atomic mass is 16.2. The third-order valence-electron chi connectivity index (χ3n) is 4.65. The fraction of sp³-hybridized carbons (Fsp3) is 0.412. The first-order valence-electron chi connectivity index (χ1n) is 8.43. The normalized spacial score (nSPS) is 14.2. The topological polar surface area (TPSA) is 97.6 Å². The summed E-state index contributed by atoms with van der Waals surface area (Å²) in [6.07, 6.45) is 4.56. The summed E-state index contributed by atoms with van der Waals surface area (Å²) in [6, 6.07) is 1.92. The second-order valence-electron chi connectivity index (χ2n) is 6.51. The van der Waals surface area contributed by atoms with Gasteiger partial charge in [0, 0.05) is 31.0 Å². The van der Waals surface area contributed by atoms with Crippen molar-refractivity contribution < 1.29 is 4.79 Å². The summed E-state index contributed by atoms with van der Waals surface area (Å²) in [5, 5.41) is 15.0. The van der Waals surface area contributed by atoms with E-state index < -0.39 is 5.91 Å². The predicted molar refractivity (Wildman–Crippen MR) is 93.9 cm³/mol. The first kappa shape index (κ1) is 15.6. The number of aryl methyl sites for hydroxylation is 3. The maximum absolute atomic E-state index is 12.7. The number of nitrogens with one attached hydrogen (secondary N) is 2. The SMILES string of the molecule is CCc1nn(C)c2n[nH]c(NC(=O)c3cn(C4CC4)c(C)cc3=O)c12. The van der Waals surface area contributed by atoms with E-state index in [0.29, 0.717) is 17.5 Å². The summed E-state index contributed by atoms with van der Waals surface area (Å²) < 4.78 is 3.69. The molecule has 2 N–H and O–H groups in total. The largest absolute Gasteiger partial charge is 0.348 e. The van der Waals surface area contributed by atoms with Gasteiger partial charge >= 0.3 is 0 Å². The van der Waals surface area contributed by atoms with E-state index in [0.717, 1.165) is 36.0 Å². The molecule has 130 valence electrons. The van der Waals surface area contributed by atoms with Crippen LogP contribution in [-0.2, 0) is 13.5 Å². The summed E-state index contributed by atoms with van der Waals surface area (Å²) >= 11 is 0. The van der Waals surface area contributed by atoms with Crippen molar-refractivity contribution in [2.45, 2.75) is 39.2 Å². The summed E-state index contributed by atoms with van der Waals surface area (Å²) in [6.45, 7) is 3.89. The van der Waals surface area contributed by atoms with E-state index in [1.165, 1.54) is 6.07 Å². The lowest BCUT2D eigenvalue weighted by molar-refractivity contribution is 0.102. The molecule has 25 heavy (non-hydrogen) atoms. The fourth-order valence-corrected chi connectivity index (χ4v) is 3.20. The van der Waals surface area contributed by atoms with Crippen molar-refractivity contribution in [3.8, 4) is 0 Å². The highest BCUT2D eigenvalue weighted by molar-refractivity contribution is 6.07. The first-order valence-corrected chi connectivity index (χ1v) is 8.43. The lowest BCUT2D eigenvalue weighted by Crippen LogP contribution is -2.24. The average Bonchev–Trinajstić information content (AvgIpc) is 3.24.